The largest absolute Gasteiger partial charge is 0.496 e. The number of aryl methyl sites for hydroxylation is 1. The summed E-state index contributed by atoms with van der Waals surface area (Å²) in [4.78, 5) is 16.6. The number of anilines is 1. The summed E-state index contributed by atoms with van der Waals surface area (Å²) in [6.45, 7) is 7.76. The van der Waals surface area contributed by atoms with Crippen LogP contribution in [0.15, 0.2) is 18.3 Å². The first-order valence-corrected chi connectivity index (χ1v) is 11.0. The maximum absolute atomic E-state index is 6.74. The third kappa shape index (κ3) is 3.95. The van der Waals surface area contributed by atoms with Crippen molar-refractivity contribution in [3.05, 3.63) is 34.6 Å². The van der Waals surface area contributed by atoms with Gasteiger partial charge in [-0.3, -0.25) is 4.98 Å². The SMILES string of the molecule is COc1cc(OC)c(Cl)c(-c2nc(N3CCC(C)(OC)CC3)c3cc(C)ncc3n2)c1C. The van der Waals surface area contributed by atoms with Gasteiger partial charge >= 0.3 is 0 Å². The Bertz CT molecular complexity index is 1130. The highest BCUT2D eigenvalue weighted by Gasteiger charge is 2.31. The van der Waals surface area contributed by atoms with Crippen LogP contribution in [0.25, 0.3) is 22.3 Å². The van der Waals surface area contributed by atoms with E-state index in [4.69, 9.17) is 35.8 Å². The Morgan fingerprint density at radius 3 is 2.31 bits per heavy atom. The van der Waals surface area contributed by atoms with E-state index in [-0.39, 0.29) is 5.60 Å². The van der Waals surface area contributed by atoms with Crippen molar-refractivity contribution in [3.8, 4) is 22.9 Å². The Balaban J connectivity index is 1.91. The molecule has 2 aromatic heterocycles. The second-order valence-corrected chi connectivity index (χ2v) is 8.83. The van der Waals surface area contributed by atoms with Gasteiger partial charge in [-0.05, 0) is 39.7 Å². The van der Waals surface area contributed by atoms with Crippen molar-refractivity contribution in [1.82, 2.24) is 15.0 Å². The van der Waals surface area contributed by atoms with Crippen LogP contribution in [0.2, 0.25) is 5.02 Å². The lowest BCUT2D eigenvalue weighted by Gasteiger charge is -2.39. The molecule has 1 fully saturated rings. The summed E-state index contributed by atoms with van der Waals surface area (Å²) < 4.78 is 16.8. The molecule has 1 aromatic carbocycles. The number of pyridine rings is 1. The molecule has 0 radical (unpaired) electrons. The van der Waals surface area contributed by atoms with Crippen LogP contribution in [-0.4, -0.2) is 55.0 Å². The number of nitrogens with zero attached hydrogens (tertiary/aromatic N) is 4. The minimum absolute atomic E-state index is 0.111. The summed E-state index contributed by atoms with van der Waals surface area (Å²) >= 11 is 6.74. The van der Waals surface area contributed by atoms with Gasteiger partial charge in [-0.1, -0.05) is 11.6 Å². The average molecular weight is 457 g/mol. The molecule has 32 heavy (non-hydrogen) atoms. The van der Waals surface area contributed by atoms with Crippen LogP contribution in [0.4, 0.5) is 5.82 Å². The summed E-state index contributed by atoms with van der Waals surface area (Å²) in [5.41, 5.74) is 3.14. The van der Waals surface area contributed by atoms with Crippen LogP contribution in [0.5, 0.6) is 11.5 Å². The van der Waals surface area contributed by atoms with Gasteiger partial charge in [0.25, 0.3) is 0 Å². The van der Waals surface area contributed by atoms with Crippen molar-refractivity contribution >= 4 is 28.3 Å². The lowest BCUT2D eigenvalue weighted by molar-refractivity contribution is -0.0133. The van der Waals surface area contributed by atoms with Gasteiger partial charge in [0, 0.05) is 48.5 Å². The van der Waals surface area contributed by atoms with E-state index in [9.17, 15) is 0 Å². The zero-order chi connectivity index (χ0) is 23.0. The van der Waals surface area contributed by atoms with Gasteiger partial charge in [-0.25, -0.2) is 9.97 Å². The van der Waals surface area contributed by atoms with E-state index in [1.54, 1.807) is 33.6 Å². The van der Waals surface area contributed by atoms with E-state index >= 15 is 0 Å². The van der Waals surface area contributed by atoms with Gasteiger partial charge in [0.05, 0.1) is 36.6 Å². The summed E-state index contributed by atoms with van der Waals surface area (Å²) in [5.74, 6) is 2.59. The molecule has 0 spiro atoms. The van der Waals surface area contributed by atoms with Crippen LogP contribution in [0.1, 0.15) is 31.0 Å². The Morgan fingerprint density at radius 1 is 1.00 bits per heavy atom. The van der Waals surface area contributed by atoms with Crippen LogP contribution in [0, 0.1) is 13.8 Å². The fourth-order valence-electron chi connectivity index (χ4n) is 4.20. The number of hydrogen-bond acceptors (Lipinski definition) is 7. The van der Waals surface area contributed by atoms with Crippen molar-refractivity contribution < 1.29 is 14.2 Å². The van der Waals surface area contributed by atoms with Crippen molar-refractivity contribution in [2.24, 2.45) is 0 Å². The molecule has 0 atom stereocenters. The zero-order valence-electron chi connectivity index (χ0n) is 19.5. The fourth-order valence-corrected chi connectivity index (χ4v) is 4.56. The minimum atomic E-state index is -0.111. The highest BCUT2D eigenvalue weighted by Crippen LogP contribution is 2.43. The lowest BCUT2D eigenvalue weighted by atomic mass is 9.93. The number of rotatable bonds is 5. The molecule has 170 valence electrons. The molecule has 8 heteroatoms. The molecule has 3 heterocycles. The molecule has 1 aliphatic rings. The van der Waals surface area contributed by atoms with E-state index in [2.05, 4.69) is 16.8 Å². The highest BCUT2D eigenvalue weighted by molar-refractivity contribution is 6.35. The first-order chi connectivity index (χ1) is 15.3. The lowest BCUT2D eigenvalue weighted by Crippen LogP contribution is -2.44. The van der Waals surface area contributed by atoms with Gasteiger partial charge in [-0.15, -0.1) is 0 Å². The number of methoxy groups -OCH3 is 3. The Kier molecular flexibility index (Phi) is 6.14. The van der Waals surface area contributed by atoms with Gasteiger partial charge < -0.3 is 19.1 Å². The van der Waals surface area contributed by atoms with E-state index in [1.165, 1.54) is 0 Å². The van der Waals surface area contributed by atoms with Gasteiger partial charge in [0.15, 0.2) is 5.82 Å². The minimum Gasteiger partial charge on any atom is -0.496 e. The van der Waals surface area contributed by atoms with Gasteiger partial charge in [0.2, 0.25) is 0 Å². The Labute approximate surface area is 193 Å². The molecule has 7 nitrogen and oxygen atoms in total. The number of piperidine rings is 1. The fraction of sp³-hybridized carbons (Fsp3) is 0.458. The van der Waals surface area contributed by atoms with E-state index in [0.717, 1.165) is 53.9 Å². The van der Waals surface area contributed by atoms with Crippen molar-refractivity contribution in [1.29, 1.82) is 0 Å². The van der Waals surface area contributed by atoms with E-state index in [1.807, 2.05) is 19.9 Å². The molecule has 0 amide bonds. The normalized spacial score (nSPS) is 15.8. The molecule has 0 aliphatic carbocycles. The molecule has 0 N–H and O–H groups in total. The average Bonchev–Trinajstić information content (AvgIpc) is 2.79. The molecule has 1 saturated heterocycles. The summed E-state index contributed by atoms with van der Waals surface area (Å²) in [6, 6.07) is 3.82. The monoisotopic (exact) mass is 456 g/mol. The van der Waals surface area contributed by atoms with E-state index in [0.29, 0.717) is 27.9 Å². The topological polar surface area (TPSA) is 69.6 Å². The van der Waals surface area contributed by atoms with Crippen molar-refractivity contribution in [2.75, 3.05) is 39.3 Å². The Hall–Kier alpha value is -2.64. The standard InChI is InChI=1S/C24H29ClN4O3/c1-14-11-16-17(13-26-14)27-22(20-15(2)18(30-4)12-19(31-5)21(20)25)28-23(16)29-9-7-24(3,32-6)8-10-29/h11-13H,7-10H2,1-6H3. The number of halogens is 1. The molecule has 0 unspecified atom stereocenters. The smallest absolute Gasteiger partial charge is 0.164 e. The Morgan fingerprint density at radius 2 is 1.69 bits per heavy atom. The number of hydrogen-bond donors (Lipinski definition) is 0. The second kappa shape index (κ2) is 8.71. The first-order valence-electron chi connectivity index (χ1n) is 10.7. The van der Waals surface area contributed by atoms with Crippen LogP contribution in [-0.2, 0) is 4.74 Å². The molecule has 3 aromatic rings. The molecule has 1 aliphatic heterocycles. The van der Waals surface area contributed by atoms with Crippen molar-refractivity contribution in [3.63, 3.8) is 0 Å². The van der Waals surface area contributed by atoms with Gasteiger partial charge in [-0.2, -0.15) is 0 Å². The number of benzene rings is 1. The van der Waals surface area contributed by atoms with Crippen molar-refractivity contribution in [2.45, 2.75) is 39.2 Å². The molecule has 0 bridgehead atoms. The number of ether oxygens (including phenoxy) is 3. The summed E-state index contributed by atoms with van der Waals surface area (Å²) in [5, 5.41) is 1.44. The first kappa shape index (κ1) is 22.6. The summed E-state index contributed by atoms with van der Waals surface area (Å²) in [6.07, 6.45) is 3.63. The number of fused-ring (bicyclic) bond motifs is 1. The van der Waals surface area contributed by atoms with Crippen LogP contribution in [0.3, 0.4) is 0 Å². The maximum atomic E-state index is 6.74. The molecule has 4 rings (SSSR count). The maximum Gasteiger partial charge on any atom is 0.164 e. The molecular formula is C24H29ClN4O3. The highest BCUT2D eigenvalue weighted by atomic mass is 35.5. The molecule has 0 saturated carbocycles. The quantitative estimate of drug-likeness (QED) is 0.535. The van der Waals surface area contributed by atoms with Crippen LogP contribution < -0.4 is 14.4 Å². The van der Waals surface area contributed by atoms with E-state index < -0.39 is 0 Å². The summed E-state index contributed by atoms with van der Waals surface area (Å²) in [7, 11) is 4.99. The number of aromatic nitrogens is 3. The second-order valence-electron chi connectivity index (χ2n) is 8.45. The predicted octanol–water partition coefficient (Wildman–Crippen LogP) is 4.98. The van der Waals surface area contributed by atoms with Gasteiger partial charge in [0.1, 0.15) is 17.3 Å². The molecular weight excluding hydrogens is 428 g/mol. The van der Waals surface area contributed by atoms with Crippen LogP contribution >= 0.6 is 11.6 Å². The zero-order valence-corrected chi connectivity index (χ0v) is 20.2. The third-order valence-electron chi connectivity index (χ3n) is 6.42. The predicted molar refractivity (Wildman–Crippen MR) is 127 cm³/mol. The third-order valence-corrected chi connectivity index (χ3v) is 6.79.